The highest BCUT2D eigenvalue weighted by atomic mass is 35.5. The zero-order valence-corrected chi connectivity index (χ0v) is 13.0. The van der Waals surface area contributed by atoms with Crippen molar-refractivity contribution >= 4 is 23.2 Å². The summed E-state index contributed by atoms with van der Waals surface area (Å²) in [7, 11) is 0. The number of hydrogen-bond acceptors (Lipinski definition) is 3. The van der Waals surface area contributed by atoms with Gasteiger partial charge in [-0.05, 0) is 42.8 Å². The first-order chi connectivity index (χ1) is 10.6. The van der Waals surface area contributed by atoms with Crippen molar-refractivity contribution in [3.63, 3.8) is 0 Å². The Morgan fingerprint density at radius 1 is 1.18 bits per heavy atom. The Balaban J connectivity index is 1.91. The number of nitrogens with zero attached hydrogens (tertiary/aromatic N) is 1. The molecule has 5 heteroatoms. The zero-order chi connectivity index (χ0) is 15.7. The standard InChI is InChI=1S/C17H17ClN2O2/c1-2-22-12-9-7-11(8-10-12)20-16(15(19)17(20)21)13-5-3-4-6-14(13)18/h3-10,15-16H,2,19H2,1H3. The first kappa shape index (κ1) is 14.9. The van der Waals surface area contributed by atoms with Crippen LogP contribution < -0.4 is 15.4 Å². The van der Waals surface area contributed by atoms with E-state index in [0.29, 0.717) is 11.6 Å². The number of carbonyl (C=O) groups is 1. The topological polar surface area (TPSA) is 55.6 Å². The molecule has 2 unspecified atom stereocenters. The number of halogens is 1. The fraction of sp³-hybridized carbons (Fsp3) is 0.235. The summed E-state index contributed by atoms with van der Waals surface area (Å²) in [6.45, 7) is 2.54. The summed E-state index contributed by atoms with van der Waals surface area (Å²) in [5.41, 5.74) is 7.66. The Kier molecular flexibility index (Phi) is 4.05. The van der Waals surface area contributed by atoms with Gasteiger partial charge in [-0.3, -0.25) is 4.79 Å². The molecule has 0 aromatic heterocycles. The summed E-state index contributed by atoms with van der Waals surface area (Å²) in [5.74, 6) is 0.673. The molecule has 0 bridgehead atoms. The summed E-state index contributed by atoms with van der Waals surface area (Å²) in [6, 6.07) is 14.1. The van der Waals surface area contributed by atoms with Crippen molar-refractivity contribution < 1.29 is 9.53 Å². The van der Waals surface area contributed by atoms with Crippen molar-refractivity contribution in [1.82, 2.24) is 0 Å². The third kappa shape index (κ3) is 2.45. The van der Waals surface area contributed by atoms with Crippen molar-refractivity contribution in [3.05, 3.63) is 59.1 Å². The zero-order valence-electron chi connectivity index (χ0n) is 12.2. The number of rotatable bonds is 4. The molecule has 114 valence electrons. The highest BCUT2D eigenvalue weighted by Gasteiger charge is 2.47. The van der Waals surface area contributed by atoms with E-state index in [4.69, 9.17) is 22.1 Å². The molecule has 0 spiro atoms. The van der Waals surface area contributed by atoms with Gasteiger partial charge in [0.2, 0.25) is 5.91 Å². The van der Waals surface area contributed by atoms with E-state index < -0.39 is 6.04 Å². The molecule has 1 fully saturated rings. The van der Waals surface area contributed by atoms with E-state index in [0.717, 1.165) is 17.0 Å². The lowest BCUT2D eigenvalue weighted by molar-refractivity contribution is -0.126. The van der Waals surface area contributed by atoms with E-state index in [9.17, 15) is 4.79 Å². The van der Waals surface area contributed by atoms with E-state index in [1.165, 1.54) is 0 Å². The van der Waals surface area contributed by atoms with Crippen LogP contribution >= 0.6 is 11.6 Å². The number of anilines is 1. The van der Waals surface area contributed by atoms with Gasteiger partial charge in [-0.2, -0.15) is 0 Å². The molecule has 1 amide bonds. The molecule has 1 heterocycles. The lowest BCUT2D eigenvalue weighted by Crippen LogP contribution is -2.63. The van der Waals surface area contributed by atoms with Gasteiger partial charge in [0.1, 0.15) is 11.8 Å². The predicted molar refractivity (Wildman–Crippen MR) is 87.3 cm³/mol. The average molecular weight is 317 g/mol. The van der Waals surface area contributed by atoms with Crippen LogP contribution in [0.2, 0.25) is 5.02 Å². The van der Waals surface area contributed by atoms with Crippen molar-refractivity contribution in [2.24, 2.45) is 5.73 Å². The summed E-state index contributed by atoms with van der Waals surface area (Å²) in [4.78, 5) is 13.9. The second-order valence-corrected chi connectivity index (χ2v) is 5.53. The van der Waals surface area contributed by atoms with E-state index in [-0.39, 0.29) is 11.9 Å². The molecular formula is C17H17ClN2O2. The number of hydrogen-bond donors (Lipinski definition) is 1. The van der Waals surface area contributed by atoms with Crippen molar-refractivity contribution in [2.45, 2.75) is 19.0 Å². The largest absolute Gasteiger partial charge is 0.494 e. The van der Waals surface area contributed by atoms with Crippen LogP contribution in [0.4, 0.5) is 5.69 Å². The second-order valence-electron chi connectivity index (χ2n) is 5.13. The summed E-state index contributed by atoms with van der Waals surface area (Å²) in [6.07, 6.45) is 0. The Morgan fingerprint density at radius 2 is 1.86 bits per heavy atom. The fourth-order valence-corrected chi connectivity index (χ4v) is 2.96. The van der Waals surface area contributed by atoms with Gasteiger partial charge in [-0.15, -0.1) is 0 Å². The van der Waals surface area contributed by atoms with Crippen molar-refractivity contribution in [1.29, 1.82) is 0 Å². The second kappa shape index (κ2) is 5.99. The number of amides is 1. The van der Waals surface area contributed by atoms with Crippen LogP contribution in [0.1, 0.15) is 18.5 Å². The van der Waals surface area contributed by atoms with Gasteiger partial charge in [0.05, 0.1) is 12.6 Å². The van der Waals surface area contributed by atoms with E-state index in [2.05, 4.69) is 0 Å². The van der Waals surface area contributed by atoms with E-state index >= 15 is 0 Å². The maximum absolute atomic E-state index is 12.2. The summed E-state index contributed by atoms with van der Waals surface area (Å²) >= 11 is 6.25. The number of ether oxygens (including phenoxy) is 1. The maximum Gasteiger partial charge on any atom is 0.247 e. The van der Waals surface area contributed by atoms with Gasteiger partial charge in [0, 0.05) is 10.7 Å². The molecule has 22 heavy (non-hydrogen) atoms. The van der Waals surface area contributed by atoms with Gasteiger partial charge in [0.25, 0.3) is 0 Å². The van der Waals surface area contributed by atoms with Gasteiger partial charge in [-0.25, -0.2) is 0 Å². The van der Waals surface area contributed by atoms with Crippen LogP contribution in [-0.2, 0) is 4.79 Å². The highest BCUT2D eigenvalue weighted by Crippen LogP contribution is 2.40. The molecule has 1 aliphatic heterocycles. The van der Waals surface area contributed by atoms with Gasteiger partial charge < -0.3 is 15.4 Å². The van der Waals surface area contributed by atoms with Crippen molar-refractivity contribution in [2.75, 3.05) is 11.5 Å². The molecule has 4 nitrogen and oxygen atoms in total. The average Bonchev–Trinajstić information content (AvgIpc) is 2.54. The lowest BCUT2D eigenvalue weighted by Gasteiger charge is -2.45. The van der Waals surface area contributed by atoms with Crippen molar-refractivity contribution in [3.8, 4) is 5.75 Å². The minimum absolute atomic E-state index is 0.103. The Labute approximate surface area is 134 Å². The first-order valence-corrected chi connectivity index (χ1v) is 7.57. The van der Waals surface area contributed by atoms with Crippen LogP contribution in [0.15, 0.2) is 48.5 Å². The molecule has 0 saturated carbocycles. The smallest absolute Gasteiger partial charge is 0.247 e. The number of benzene rings is 2. The molecule has 2 N–H and O–H groups in total. The Bertz CT molecular complexity index is 687. The molecular weight excluding hydrogens is 300 g/mol. The Morgan fingerprint density at radius 3 is 2.50 bits per heavy atom. The minimum atomic E-state index is -0.563. The third-order valence-corrected chi connectivity index (χ3v) is 4.13. The summed E-state index contributed by atoms with van der Waals surface area (Å²) < 4.78 is 5.42. The van der Waals surface area contributed by atoms with E-state index in [1.54, 1.807) is 4.90 Å². The van der Waals surface area contributed by atoms with E-state index in [1.807, 2.05) is 55.5 Å². The van der Waals surface area contributed by atoms with Crippen LogP contribution in [0.3, 0.4) is 0 Å². The molecule has 2 aromatic carbocycles. The molecule has 1 saturated heterocycles. The number of nitrogens with two attached hydrogens (primary N) is 1. The fourth-order valence-electron chi connectivity index (χ4n) is 2.72. The van der Waals surface area contributed by atoms with Crippen LogP contribution in [0.25, 0.3) is 0 Å². The number of β-lactam (4-membered cyclic amide) rings is 1. The third-order valence-electron chi connectivity index (χ3n) is 3.79. The lowest BCUT2D eigenvalue weighted by atomic mass is 9.88. The highest BCUT2D eigenvalue weighted by molar-refractivity contribution is 6.31. The SMILES string of the molecule is CCOc1ccc(N2C(=O)C(N)C2c2ccccc2Cl)cc1. The monoisotopic (exact) mass is 316 g/mol. The van der Waals surface area contributed by atoms with Gasteiger partial charge in [-0.1, -0.05) is 29.8 Å². The van der Waals surface area contributed by atoms with Crippen LogP contribution in [-0.4, -0.2) is 18.6 Å². The summed E-state index contributed by atoms with van der Waals surface area (Å²) in [5, 5.41) is 0.617. The molecule has 0 radical (unpaired) electrons. The van der Waals surface area contributed by atoms with Crippen LogP contribution in [0.5, 0.6) is 5.75 Å². The Hall–Kier alpha value is -2.04. The first-order valence-electron chi connectivity index (χ1n) is 7.19. The molecule has 0 aliphatic carbocycles. The minimum Gasteiger partial charge on any atom is -0.494 e. The normalized spacial score (nSPS) is 20.7. The maximum atomic E-state index is 12.2. The molecule has 1 aliphatic rings. The molecule has 2 atom stereocenters. The molecule has 3 rings (SSSR count). The predicted octanol–water partition coefficient (Wildman–Crippen LogP) is 3.15. The van der Waals surface area contributed by atoms with Gasteiger partial charge >= 0.3 is 0 Å². The number of carbonyl (C=O) groups excluding carboxylic acids is 1. The quantitative estimate of drug-likeness (QED) is 0.882. The van der Waals surface area contributed by atoms with Gasteiger partial charge in [0.15, 0.2) is 0 Å². The molecule has 2 aromatic rings. The van der Waals surface area contributed by atoms with Crippen LogP contribution in [0, 0.1) is 0 Å².